The van der Waals surface area contributed by atoms with Crippen LogP contribution in [0.15, 0.2) is 35.7 Å². The first-order valence-electron chi connectivity index (χ1n) is 6.57. The molecule has 1 aliphatic rings. The molecule has 3 rings (SSSR count). The third-order valence-corrected chi connectivity index (χ3v) is 4.55. The minimum Gasteiger partial charge on any atom is -0.371 e. The largest absolute Gasteiger partial charge is 0.371 e. The van der Waals surface area contributed by atoms with E-state index in [9.17, 15) is 4.79 Å². The van der Waals surface area contributed by atoms with Crippen LogP contribution in [0.2, 0.25) is 0 Å². The van der Waals surface area contributed by atoms with Crippen LogP contribution in [-0.4, -0.2) is 26.0 Å². The fourth-order valence-electron chi connectivity index (χ4n) is 2.51. The number of rotatable bonds is 3. The number of hydrogen-bond acceptors (Lipinski definition) is 4. The van der Waals surface area contributed by atoms with Crippen molar-refractivity contribution >= 4 is 28.6 Å². The summed E-state index contributed by atoms with van der Waals surface area (Å²) < 4.78 is 0. The second kappa shape index (κ2) is 5.17. The van der Waals surface area contributed by atoms with E-state index in [1.165, 1.54) is 11.4 Å². The van der Waals surface area contributed by atoms with E-state index in [-0.39, 0.29) is 5.91 Å². The smallest absolute Gasteiger partial charge is 0.249 e. The third-order valence-electron chi connectivity index (χ3n) is 3.62. The van der Waals surface area contributed by atoms with Crippen molar-refractivity contribution in [2.45, 2.75) is 6.54 Å². The molecule has 0 radical (unpaired) electrons. The first-order valence-corrected chi connectivity index (χ1v) is 7.45. The number of anilines is 2. The monoisotopic (exact) mass is 287 g/mol. The van der Waals surface area contributed by atoms with E-state index >= 15 is 0 Å². The molecule has 2 heterocycles. The Balaban J connectivity index is 1.84. The Kier molecular flexibility index (Phi) is 3.36. The number of thiophene rings is 1. The van der Waals surface area contributed by atoms with Crippen molar-refractivity contribution in [2.24, 2.45) is 5.73 Å². The maximum Gasteiger partial charge on any atom is 0.249 e. The maximum absolute atomic E-state index is 11.2. The Morgan fingerprint density at radius 1 is 1.30 bits per heavy atom. The van der Waals surface area contributed by atoms with E-state index in [0.29, 0.717) is 5.56 Å². The second-order valence-corrected chi connectivity index (χ2v) is 5.99. The highest BCUT2D eigenvalue weighted by atomic mass is 32.1. The quantitative estimate of drug-likeness (QED) is 0.942. The highest BCUT2D eigenvalue weighted by Gasteiger charge is 2.20. The van der Waals surface area contributed by atoms with Crippen molar-refractivity contribution in [1.82, 2.24) is 0 Å². The van der Waals surface area contributed by atoms with Gasteiger partial charge in [-0.3, -0.25) is 4.79 Å². The Morgan fingerprint density at radius 2 is 2.05 bits per heavy atom. The molecule has 0 aliphatic carbocycles. The summed E-state index contributed by atoms with van der Waals surface area (Å²) in [6, 6.07) is 10.3. The molecule has 0 atom stereocenters. The number of fused-ring (bicyclic) bond motifs is 1. The van der Waals surface area contributed by atoms with Crippen LogP contribution in [0.5, 0.6) is 0 Å². The molecule has 5 heteroatoms. The van der Waals surface area contributed by atoms with Crippen molar-refractivity contribution in [3.8, 4) is 0 Å². The lowest BCUT2D eigenvalue weighted by molar-refractivity contribution is 0.100. The molecule has 2 aromatic rings. The van der Waals surface area contributed by atoms with E-state index in [2.05, 4.69) is 41.1 Å². The maximum atomic E-state index is 11.2. The fourth-order valence-corrected chi connectivity index (χ4v) is 3.40. The van der Waals surface area contributed by atoms with E-state index in [1.54, 1.807) is 11.3 Å². The lowest BCUT2D eigenvalue weighted by Crippen LogP contribution is -2.38. The molecule has 104 valence electrons. The second-order valence-electron chi connectivity index (χ2n) is 5.00. The summed E-state index contributed by atoms with van der Waals surface area (Å²) in [5.41, 5.74) is 8.41. The van der Waals surface area contributed by atoms with E-state index in [1.807, 2.05) is 11.4 Å². The topological polar surface area (TPSA) is 49.6 Å². The molecule has 0 unspecified atom stereocenters. The number of para-hydroxylation sites is 2. The molecule has 0 saturated heterocycles. The summed E-state index contributed by atoms with van der Waals surface area (Å²) >= 11 is 1.59. The van der Waals surface area contributed by atoms with Gasteiger partial charge in [-0.05, 0) is 18.2 Å². The number of likely N-dealkylation sites (N-methyl/N-ethyl adjacent to an activating group) is 1. The van der Waals surface area contributed by atoms with E-state index in [0.717, 1.165) is 24.5 Å². The van der Waals surface area contributed by atoms with Gasteiger partial charge in [0, 0.05) is 30.4 Å². The van der Waals surface area contributed by atoms with Crippen molar-refractivity contribution in [3.63, 3.8) is 0 Å². The van der Waals surface area contributed by atoms with E-state index in [4.69, 9.17) is 5.73 Å². The van der Waals surface area contributed by atoms with Crippen molar-refractivity contribution < 1.29 is 4.79 Å². The van der Waals surface area contributed by atoms with E-state index < -0.39 is 0 Å². The van der Waals surface area contributed by atoms with Gasteiger partial charge in [-0.15, -0.1) is 11.3 Å². The molecule has 0 spiro atoms. The van der Waals surface area contributed by atoms with Crippen molar-refractivity contribution in [3.05, 3.63) is 46.2 Å². The molecule has 20 heavy (non-hydrogen) atoms. The van der Waals surface area contributed by atoms with Crippen LogP contribution in [0.25, 0.3) is 0 Å². The molecule has 1 amide bonds. The van der Waals surface area contributed by atoms with Crippen molar-refractivity contribution in [2.75, 3.05) is 29.9 Å². The van der Waals surface area contributed by atoms with Crippen LogP contribution in [0.4, 0.5) is 11.4 Å². The average Bonchev–Trinajstić information content (AvgIpc) is 2.91. The zero-order chi connectivity index (χ0) is 14.1. The van der Waals surface area contributed by atoms with Gasteiger partial charge in [0.1, 0.15) is 0 Å². The molecule has 0 bridgehead atoms. The number of carbonyl (C=O) groups excluding carboxylic acids is 1. The summed E-state index contributed by atoms with van der Waals surface area (Å²) in [7, 11) is 2.12. The molecular formula is C15H17N3OS. The minimum atomic E-state index is -0.355. The van der Waals surface area contributed by atoms with Crippen LogP contribution < -0.4 is 15.5 Å². The minimum absolute atomic E-state index is 0.355. The van der Waals surface area contributed by atoms with Gasteiger partial charge in [0.2, 0.25) is 5.91 Å². The fraction of sp³-hybridized carbons (Fsp3) is 0.267. The van der Waals surface area contributed by atoms with Gasteiger partial charge >= 0.3 is 0 Å². The zero-order valence-electron chi connectivity index (χ0n) is 11.4. The SMILES string of the molecule is CN1CCN(Cc2cc(C(N)=O)cs2)c2ccccc21. The van der Waals surface area contributed by atoms with Gasteiger partial charge in [-0.2, -0.15) is 0 Å². The first kappa shape index (κ1) is 13.0. The molecule has 0 saturated carbocycles. The summed E-state index contributed by atoms with van der Waals surface area (Å²) in [6.45, 7) is 2.81. The molecule has 4 nitrogen and oxygen atoms in total. The molecular weight excluding hydrogens is 270 g/mol. The van der Waals surface area contributed by atoms with Gasteiger partial charge in [0.05, 0.1) is 23.5 Å². The van der Waals surface area contributed by atoms with Gasteiger partial charge in [-0.25, -0.2) is 0 Å². The van der Waals surface area contributed by atoms with Gasteiger partial charge in [-0.1, -0.05) is 12.1 Å². The van der Waals surface area contributed by atoms with Gasteiger partial charge in [0.15, 0.2) is 0 Å². The number of hydrogen-bond donors (Lipinski definition) is 1. The number of amides is 1. The Bertz CT molecular complexity index is 638. The summed E-state index contributed by atoms with van der Waals surface area (Å²) in [5.74, 6) is -0.355. The summed E-state index contributed by atoms with van der Waals surface area (Å²) in [5, 5.41) is 1.83. The van der Waals surface area contributed by atoms with Crippen LogP contribution in [-0.2, 0) is 6.54 Å². The molecule has 2 N–H and O–H groups in total. The Hall–Kier alpha value is -2.01. The lowest BCUT2D eigenvalue weighted by Gasteiger charge is -2.36. The molecule has 1 aliphatic heterocycles. The first-order chi connectivity index (χ1) is 9.65. The number of nitrogens with two attached hydrogens (primary N) is 1. The summed E-state index contributed by atoms with van der Waals surface area (Å²) in [4.78, 5) is 16.9. The lowest BCUT2D eigenvalue weighted by atomic mass is 10.1. The number of carbonyl (C=O) groups is 1. The van der Waals surface area contributed by atoms with Crippen LogP contribution >= 0.6 is 11.3 Å². The summed E-state index contributed by atoms with van der Waals surface area (Å²) in [6.07, 6.45) is 0. The van der Waals surface area contributed by atoms with Crippen LogP contribution in [0.1, 0.15) is 15.2 Å². The van der Waals surface area contributed by atoms with Crippen LogP contribution in [0.3, 0.4) is 0 Å². The highest BCUT2D eigenvalue weighted by molar-refractivity contribution is 7.10. The third kappa shape index (κ3) is 2.36. The number of primary amides is 1. The molecule has 0 fully saturated rings. The van der Waals surface area contributed by atoms with Crippen LogP contribution in [0, 0.1) is 0 Å². The van der Waals surface area contributed by atoms with Gasteiger partial charge in [0.25, 0.3) is 0 Å². The zero-order valence-corrected chi connectivity index (χ0v) is 12.2. The predicted octanol–water partition coefficient (Wildman–Crippen LogP) is 2.30. The Morgan fingerprint density at radius 3 is 2.75 bits per heavy atom. The standard InChI is InChI=1S/C15H17N3OS/c1-17-6-7-18(14-5-3-2-4-13(14)17)9-12-8-11(10-20-12)15(16)19/h2-5,8,10H,6-7,9H2,1H3,(H2,16,19). The predicted molar refractivity (Wildman–Crippen MR) is 83.6 cm³/mol. The average molecular weight is 287 g/mol. The van der Waals surface area contributed by atoms with Crippen molar-refractivity contribution in [1.29, 1.82) is 0 Å². The number of benzene rings is 1. The molecule has 1 aromatic heterocycles. The number of nitrogens with zero attached hydrogens (tertiary/aromatic N) is 2. The molecule has 1 aromatic carbocycles. The normalized spacial score (nSPS) is 14.2. The Labute approximate surface area is 122 Å². The highest BCUT2D eigenvalue weighted by Crippen LogP contribution is 2.33. The van der Waals surface area contributed by atoms with Gasteiger partial charge < -0.3 is 15.5 Å².